The summed E-state index contributed by atoms with van der Waals surface area (Å²) in [5, 5.41) is 20.8. The van der Waals surface area contributed by atoms with Gasteiger partial charge in [-0.05, 0) is 37.8 Å². The van der Waals surface area contributed by atoms with Gasteiger partial charge in [-0.15, -0.1) is 0 Å². The molecule has 3 N–H and O–H groups in total. The lowest BCUT2D eigenvalue weighted by Gasteiger charge is -2.39. The molecule has 2 saturated heterocycles. The number of anilines is 4. The Kier molecular flexibility index (Phi) is 5.83. The number of nitrogens with one attached hydrogen (secondary N) is 3. The fraction of sp³-hybridized carbons (Fsp3) is 0.409. The molecule has 2 unspecified atom stereocenters. The maximum Gasteiger partial charge on any atom is 0.212 e. The van der Waals surface area contributed by atoms with Gasteiger partial charge >= 0.3 is 0 Å². The smallest absolute Gasteiger partial charge is 0.212 e. The summed E-state index contributed by atoms with van der Waals surface area (Å²) in [5.41, 5.74) is 0.852. The number of hydrogen-bond donors (Lipinski definition) is 3. The van der Waals surface area contributed by atoms with Crippen LogP contribution in [0.25, 0.3) is 10.9 Å². The Labute approximate surface area is 189 Å². The summed E-state index contributed by atoms with van der Waals surface area (Å²) in [7, 11) is 0. The largest absolute Gasteiger partial charge is 0.367 e. The number of pyridine rings is 2. The van der Waals surface area contributed by atoms with E-state index >= 15 is 0 Å². The lowest BCUT2D eigenvalue weighted by molar-refractivity contribution is -0.105. The summed E-state index contributed by atoms with van der Waals surface area (Å²) in [5.74, 6) is 1.47. The zero-order valence-corrected chi connectivity index (χ0v) is 18.3. The molecule has 32 heavy (non-hydrogen) atoms. The van der Waals surface area contributed by atoms with Crippen molar-refractivity contribution in [3.05, 3.63) is 30.6 Å². The van der Waals surface area contributed by atoms with E-state index in [1.807, 2.05) is 18.2 Å². The molecule has 0 aliphatic carbocycles. The monoisotopic (exact) mass is 448 g/mol. The van der Waals surface area contributed by atoms with Crippen LogP contribution >= 0.6 is 11.3 Å². The zero-order valence-electron chi connectivity index (χ0n) is 17.5. The minimum Gasteiger partial charge on any atom is -0.367 e. The first-order valence-corrected chi connectivity index (χ1v) is 11.6. The Morgan fingerprint density at radius 3 is 2.91 bits per heavy atom. The van der Waals surface area contributed by atoms with E-state index in [2.05, 4.69) is 36.9 Å². The fourth-order valence-electron chi connectivity index (χ4n) is 4.95. The summed E-state index contributed by atoms with van der Waals surface area (Å²) < 4.78 is 0. The van der Waals surface area contributed by atoms with Gasteiger partial charge in [-0.2, -0.15) is 5.26 Å². The molecule has 1 amide bonds. The van der Waals surface area contributed by atoms with Gasteiger partial charge < -0.3 is 16.0 Å². The van der Waals surface area contributed by atoms with Gasteiger partial charge in [0.1, 0.15) is 16.6 Å². The van der Waals surface area contributed by atoms with Crippen molar-refractivity contribution < 1.29 is 4.79 Å². The van der Waals surface area contributed by atoms with Crippen LogP contribution in [0.2, 0.25) is 0 Å². The predicted octanol–water partition coefficient (Wildman–Crippen LogP) is 3.72. The molecule has 2 aliphatic heterocycles. The van der Waals surface area contributed by atoms with E-state index in [1.54, 1.807) is 12.4 Å². The van der Waals surface area contributed by atoms with Gasteiger partial charge in [-0.3, -0.25) is 14.7 Å². The number of hydrogen-bond acceptors (Lipinski definition) is 9. The second kappa shape index (κ2) is 9.06. The quantitative estimate of drug-likeness (QED) is 0.446. The van der Waals surface area contributed by atoms with Crippen molar-refractivity contribution in [3.8, 4) is 6.07 Å². The van der Waals surface area contributed by atoms with Gasteiger partial charge in [0.2, 0.25) is 6.41 Å². The Morgan fingerprint density at radius 1 is 1.28 bits per heavy atom. The molecule has 3 aromatic heterocycles. The second-order valence-electron chi connectivity index (χ2n) is 8.19. The number of thiazole rings is 1. The lowest BCUT2D eigenvalue weighted by Crippen LogP contribution is -2.47. The molecule has 2 bridgehead atoms. The highest BCUT2D eigenvalue weighted by Crippen LogP contribution is 2.37. The van der Waals surface area contributed by atoms with Crippen LogP contribution in [0.3, 0.4) is 0 Å². The van der Waals surface area contributed by atoms with Crippen LogP contribution in [0.5, 0.6) is 0 Å². The lowest BCUT2D eigenvalue weighted by atomic mass is 9.97. The standard InChI is InChI=1S/C22H24N8OS/c23-6-2-8-30-15-4-5-16(30)10-14(9-15)27-21-17-3-1-7-24-18(17)11-19(28-21)29-22-25-12-20(32-22)26-13-31/h1,3,7,11-16H,2,4-5,8-10H2,(H,26,31)(H2,25,27,28,29). The predicted molar refractivity (Wildman–Crippen MR) is 125 cm³/mol. The molecule has 0 radical (unpaired) electrons. The molecular formula is C22H24N8OS. The minimum absolute atomic E-state index is 0.334. The van der Waals surface area contributed by atoms with Gasteiger partial charge in [-0.25, -0.2) is 9.97 Å². The molecular weight excluding hydrogens is 424 g/mol. The van der Waals surface area contributed by atoms with Crippen LogP contribution < -0.4 is 16.0 Å². The average Bonchev–Trinajstić information content (AvgIpc) is 3.33. The highest BCUT2D eigenvalue weighted by Gasteiger charge is 2.40. The Hall–Kier alpha value is -3.29. The summed E-state index contributed by atoms with van der Waals surface area (Å²) >= 11 is 1.34. The number of nitriles is 1. The topological polar surface area (TPSA) is 119 Å². The van der Waals surface area contributed by atoms with Crippen molar-refractivity contribution in [3.63, 3.8) is 0 Å². The maximum atomic E-state index is 10.6. The van der Waals surface area contributed by atoms with Crippen molar-refractivity contribution in [2.45, 2.75) is 50.2 Å². The highest BCUT2D eigenvalue weighted by atomic mass is 32.1. The molecule has 164 valence electrons. The van der Waals surface area contributed by atoms with Crippen LogP contribution in [0.15, 0.2) is 30.6 Å². The fourth-order valence-corrected chi connectivity index (χ4v) is 5.63. The number of rotatable bonds is 8. The van der Waals surface area contributed by atoms with Crippen LogP contribution in [-0.4, -0.2) is 50.9 Å². The molecule has 0 spiro atoms. The van der Waals surface area contributed by atoms with Crippen molar-refractivity contribution in [2.24, 2.45) is 0 Å². The molecule has 9 nitrogen and oxygen atoms in total. The molecule has 2 atom stereocenters. The van der Waals surface area contributed by atoms with Crippen LogP contribution in [0.4, 0.5) is 21.8 Å². The Bertz CT molecular complexity index is 1140. The number of fused-ring (bicyclic) bond motifs is 3. The average molecular weight is 449 g/mol. The second-order valence-corrected chi connectivity index (χ2v) is 9.22. The first kappa shape index (κ1) is 20.6. The highest BCUT2D eigenvalue weighted by molar-refractivity contribution is 7.19. The van der Waals surface area contributed by atoms with Crippen molar-refractivity contribution >= 4 is 50.4 Å². The van der Waals surface area contributed by atoms with E-state index in [9.17, 15) is 4.79 Å². The summed E-state index contributed by atoms with van der Waals surface area (Å²) in [6, 6.07) is 9.55. The van der Waals surface area contributed by atoms with Crippen LogP contribution in [0, 0.1) is 11.3 Å². The first-order chi connectivity index (χ1) is 15.7. The van der Waals surface area contributed by atoms with Crippen LogP contribution in [-0.2, 0) is 4.79 Å². The summed E-state index contributed by atoms with van der Waals surface area (Å²) in [6.45, 7) is 0.873. The molecule has 3 aromatic rings. The van der Waals surface area contributed by atoms with E-state index < -0.39 is 0 Å². The van der Waals surface area contributed by atoms with Gasteiger partial charge in [0.25, 0.3) is 0 Å². The van der Waals surface area contributed by atoms with Gasteiger partial charge in [0.15, 0.2) is 5.13 Å². The summed E-state index contributed by atoms with van der Waals surface area (Å²) in [6.07, 6.45) is 9.12. The van der Waals surface area contributed by atoms with E-state index in [4.69, 9.17) is 10.2 Å². The van der Waals surface area contributed by atoms with Gasteiger partial charge in [0, 0.05) is 48.7 Å². The normalized spacial score (nSPS) is 22.4. The third-order valence-corrected chi connectivity index (χ3v) is 7.09. The molecule has 2 fully saturated rings. The van der Waals surface area contributed by atoms with E-state index in [0.29, 0.717) is 46.9 Å². The number of carbonyl (C=O) groups is 1. The maximum absolute atomic E-state index is 10.6. The minimum atomic E-state index is 0.334. The SMILES string of the molecule is N#CCCN1C2CCC1CC(Nc1nc(Nc3ncc(NC=O)s3)cc3ncccc13)C2. The third kappa shape index (κ3) is 4.22. The van der Waals surface area contributed by atoms with E-state index in [1.165, 1.54) is 24.2 Å². The third-order valence-electron chi connectivity index (χ3n) is 6.25. The molecule has 0 saturated carbocycles. The van der Waals surface area contributed by atoms with E-state index in [0.717, 1.165) is 36.1 Å². The molecule has 2 aliphatic rings. The number of carbonyl (C=O) groups excluding carboxylic acids is 1. The van der Waals surface area contributed by atoms with Crippen molar-refractivity contribution in [1.29, 1.82) is 5.26 Å². The molecule has 5 heterocycles. The molecule has 10 heteroatoms. The number of amides is 1. The van der Waals surface area contributed by atoms with Crippen LogP contribution in [0.1, 0.15) is 32.1 Å². The van der Waals surface area contributed by atoms with Gasteiger partial charge in [-0.1, -0.05) is 11.3 Å². The van der Waals surface area contributed by atoms with Gasteiger partial charge in [0.05, 0.1) is 17.8 Å². The number of nitrogens with zero attached hydrogens (tertiary/aromatic N) is 5. The molecule has 0 aromatic carbocycles. The first-order valence-electron chi connectivity index (χ1n) is 10.8. The molecule has 5 rings (SSSR count). The Morgan fingerprint density at radius 2 is 2.12 bits per heavy atom. The Balaban J connectivity index is 1.36. The summed E-state index contributed by atoms with van der Waals surface area (Å²) in [4.78, 5) is 26.8. The van der Waals surface area contributed by atoms with Crippen molar-refractivity contribution in [2.75, 3.05) is 22.5 Å². The van der Waals surface area contributed by atoms with E-state index in [-0.39, 0.29) is 0 Å². The number of piperidine rings is 1. The number of aromatic nitrogens is 3. The van der Waals surface area contributed by atoms with Crippen molar-refractivity contribution in [1.82, 2.24) is 19.9 Å². The zero-order chi connectivity index (χ0) is 21.9.